The number of methoxy groups -OCH3 is 1. The Labute approximate surface area is 130 Å². The van der Waals surface area contributed by atoms with Crippen LogP contribution in [-0.2, 0) is 4.74 Å². The first-order chi connectivity index (χ1) is 10.6. The van der Waals surface area contributed by atoms with Crippen molar-refractivity contribution in [3.05, 3.63) is 41.2 Å². The zero-order valence-electron chi connectivity index (χ0n) is 13.4. The second-order valence-electron chi connectivity index (χ2n) is 5.54. The molecule has 1 aromatic carbocycles. The highest BCUT2D eigenvalue weighted by Gasteiger charge is 2.11. The van der Waals surface area contributed by atoms with E-state index in [0.717, 1.165) is 38.9 Å². The van der Waals surface area contributed by atoms with Gasteiger partial charge in [0.1, 0.15) is 17.9 Å². The van der Waals surface area contributed by atoms with Gasteiger partial charge in [-0.1, -0.05) is 6.07 Å². The predicted molar refractivity (Wildman–Crippen MR) is 88.6 cm³/mol. The van der Waals surface area contributed by atoms with Crippen molar-refractivity contribution in [2.24, 2.45) is 0 Å². The van der Waals surface area contributed by atoms with E-state index in [4.69, 9.17) is 19.4 Å². The molecule has 3 rings (SSSR count). The standard InChI is InChI=1S/C18H20N2O2/c1-11-9-12(2)19-17-14(11)5-6-15-16(22-8-7-21-4)10-13(3)20-18(15)17/h5-6,9-10H,7-8H2,1-4H3. The predicted octanol–water partition coefficient (Wildman–Crippen LogP) is 3.73. The molecule has 22 heavy (non-hydrogen) atoms. The Hall–Kier alpha value is -2.20. The Morgan fingerprint density at radius 1 is 0.864 bits per heavy atom. The van der Waals surface area contributed by atoms with Gasteiger partial charge in [-0.15, -0.1) is 0 Å². The summed E-state index contributed by atoms with van der Waals surface area (Å²) in [6, 6.07) is 8.22. The van der Waals surface area contributed by atoms with E-state index >= 15 is 0 Å². The van der Waals surface area contributed by atoms with Crippen LogP contribution in [0, 0.1) is 20.8 Å². The van der Waals surface area contributed by atoms with Crippen LogP contribution in [0.15, 0.2) is 24.3 Å². The number of aryl methyl sites for hydroxylation is 3. The molecule has 114 valence electrons. The number of fused-ring (bicyclic) bond motifs is 3. The van der Waals surface area contributed by atoms with Crippen LogP contribution in [0.4, 0.5) is 0 Å². The maximum atomic E-state index is 5.86. The summed E-state index contributed by atoms with van der Waals surface area (Å²) in [5, 5.41) is 2.13. The number of nitrogens with zero attached hydrogens (tertiary/aromatic N) is 2. The van der Waals surface area contributed by atoms with Crippen LogP contribution in [0.3, 0.4) is 0 Å². The number of rotatable bonds is 4. The van der Waals surface area contributed by atoms with Crippen LogP contribution in [0.1, 0.15) is 17.0 Å². The Bertz CT molecular complexity index is 843. The van der Waals surface area contributed by atoms with Crippen molar-refractivity contribution in [1.29, 1.82) is 0 Å². The van der Waals surface area contributed by atoms with Gasteiger partial charge in [0.25, 0.3) is 0 Å². The molecule has 0 unspecified atom stereocenters. The minimum absolute atomic E-state index is 0.521. The molecule has 0 N–H and O–H groups in total. The molecule has 4 heteroatoms. The monoisotopic (exact) mass is 296 g/mol. The third kappa shape index (κ3) is 2.62. The third-order valence-electron chi connectivity index (χ3n) is 3.73. The minimum atomic E-state index is 0.521. The quantitative estimate of drug-likeness (QED) is 0.543. The Balaban J connectivity index is 2.25. The second-order valence-corrected chi connectivity index (χ2v) is 5.54. The minimum Gasteiger partial charge on any atom is -0.490 e. The third-order valence-corrected chi connectivity index (χ3v) is 3.73. The normalized spacial score (nSPS) is 11.3. The molecule has 0 amide bonds. The molecule has 2 aromatic heterocycles. The van der Waals surface area contributed by atoms with Crippen molar-refractivity contribution in [3.63, 3.8) is 0 Å². The Morgan fingerprint density at radius 2 is 1.50 bits per heavy atom. The molecule has 0 aliphatic carbocycles. The lowest BCUT2D eigenvalue weighted by molar-refractivity contribution is 0.147. The van der Waals surface area contributed by atoms with Crippen molar-refractivity contribution < 1.29 is 9.47 Å². The highest BCUT2D eigenvalue weighted by Crippen LogP contribution is 2.31. The Morgan fingerprint density at radius 3 is 2.23 bits per heavy atom. The van der Waals surface area contributed by atoms with E-state index in [2.05, 4.69) is 25.1 Å². The van der Waals surface area contributed by atoms with Gasteiger partial charge in [0.05, 0.1) is 12.1 Å². The van der Waals surface area contributed by atoms with Crippen molar-refractivity contribution in [3.8, 4) is 5.75 Å². The largest absolute Gasteiger partial charge is 0.490 e. The van der Waals surface area contributed by atoms with Crippen molar-refractivity contribution >= 4 is 21.8 Å². The van der Waals surface area contributed by atoms with Gasteiger partial charge in [-0.05, 0) is 38.5 Å². The highest BCUT2D eigenvalue weighted by atomic mass is 16.5. The van der Waals surface area contributed by atoms with Crippen molar-refractivity contribution in [1.82, 2.24) is 9.97 Å². The Kier molecular flexibility index (Phi) is 3.94. The number of hydrogen-bond acceptors (Lipinski definition) is 4. The summed E-state index contributed by atoms with van der Waals surface area (Å²) in [5.41, 5.74) is 4.98. The van der Waals surface area contributed by atoms with Crippen LogP contribution in [0.25, 0.3) is 21.8 Å². The fourth-order valence-corrected chi connectivity index (χ4v) is 2.75. The molecule has 0 fully saturated rings. The van der Waals surface area contributed by atoms with Gasteiger partial charge in [0.15, 0.2) is 0 Å². The number of pyridine rings is 2. The zero-order chi connectivity index (χ0) is 15.7. The SMILES string of the molecule is COCCOc1cc(C)nc2c1ccc1c(C)cc(C)nc12. The molecule has 0 aliphatic heterocycles. The smallest absolute Gasteiger partial charge is 0.130 e. The zero-order valence-corrected chi connectivity index (χ0v) is 13.4. The van der Waals surface area contributed by atoms with Crippen LogP contribution < -0.4 is 4.74 Å². The van der Waals surface area contributed by atoms with E-state index < -0.39 is 0 Å². The molecule has 0 aliphatic rings. The van der Waals surface area contributed by atoms with Gasteiger partial charge in [-0.2, -0.15) is 0 Å². The molecule has 2 heterocycles. The lowest BCUT2D eigenvalue weighted by atomic mass is 10.0. The summed E-state index contributed by atoms with van der Waals surface area (Å²) in [7, 11) is 1.67. The summed E-state index contributed by atoms with van der Waals surface area (Å²) in [4.78, 5) is 9.40. The van der Waals surface area contributed by atoms with Crippen LogP contribution in [-0.4, -0.2) is 30.3 Å². The maximum Gasteiger partial charge on any atom is 0.130 e. The average Bonchev–Trinajstić information content (AvgIpc) is 2.47. The number of aromatic nitrogens is 2. The van der Waals surface area contributed by atoms with E-state index in [1.807, 2.05) is 19.9 Å². The van der Waals surface area contributed by atoms with Gasteiger partial charge in [0, 0.05) is 35.3 Å². The van der Waals surface area contributed by atoms with E-state index in [0.29, 0.717) is 13.2 Å². The first-order valence-electron chi connectivity index (χ1n) is 7.40. The van der Waals surface area contributed by atoms with Gasteiger partial charge in [-0.25, -0.2) is 0 Å². The van der Waals surface area contributed by atoms with Crippen LogP contribution in [0.2, 0.25) is 0 Å². The molecule has 0 atom stereocenters. The molecule has 0 radical (unpaired) electrons. The van der Waals surface area contributed by atoms with Crippen molar-refractivity contribution in [2.75, 3.05) is 20.3 Å². The first-order valence-corrected chi connectivity index (χ1v) is 7.40. The molecule has 0 saturated heterocycles. The van der Waals surface area contributed by atoms with Gasteiger partial charge in [0.2, 0.25) is 0 Å². The number of hydrogen-bond donors (Lipinski definition) is 0. The lowest BCUT2D eigenvalue weighted by Gasteiger charge is -2.12. The van der Waals surface area contributed by atoms with Gasteiger partial charge >= 0.3 is 0 Å². The van der Waals surface area contributed by atoms with E-state index in [-0.39, 0.29) is 0 Å². The molecule has 3 aromatic rings. The van der Waals surface area contributed by atoms with Crippen molar-refractivity contribution in [2.45, 2.75) is 20.8 Å². The van der Waals surface area contributed by atoms with E-state index in [1.165, 1.54) is 5.56 Å². The van der Waals surface area contributed by atoms with Gasteiger partial charge in [-0.3, -0.25) is 9.97 Å². The molecule has 4 nitrogen and oxygen atoms in total. The number of benzene rings is 1. The summed E-state index contributed by atoms with van der Waals surface area (Å²) in [6.45, 7) is 7.18. The summed E-state index contributed by atoms with van der Waals surface area (Å²) < 4.78 is 10.9. The maximum absolute atomic E-state index is 5.86. The van der Waals surface area contributed by atoms with Gasteiger partial charge < -0.3 is 9.47 Å². The van der Waals surface area contributed by atoms with E-state index in [1.54, 1.807) is 7.11 Å². The summed E-state index contributed by atoms with van der Waals surface area (Å²) >= 11 is 0. The average molecular weight is 296 g/mol. The molecule has 0 spiro atoms. The molecule has 0 bridgehead atoms. The number of ether oxygens (including phenoxy) is 2. The van der Waals surface area contributed by atoms with Crippen LogP contribution >= 0.6 is 0 Å². The highest BCUT2D eigenvalue weighted by molar-refractivity contribution is 6.06. The topological polar surface area (TPSA) is 44.2 Å². The van der Waals surface area contributed by atoms with E-state index in [9.17, 15) is 0 Å². The second kappa shape index (κ2) is 5.89. The summed E-state index contributed by atoms with van der Waals surface area (Å²) in [6.07, 6.45) is 0. The van der Waals surface area contributed by atoms with Crippen LogP contribution in [0.5, 0.6) is 5.75 Å². The lowest BCUT2D eigenvalue weighted by Crippen LogP contribution is -2.05. The first kappa shape index (κ1) is 14.7. The fourth-order valence-electron chi connectivity index (χ4n) is 2.75. The molecule has 0 saturated carbocycles. The summed E-state index contributed by atoms with van der Waals surface area (Å²) in [5.74, 6) is 0.836. The fraction of sp³-hybridized carbons (Fsp3) is 0.333. The molecular weight excluding hydrogens is 276 g/mol. The molecular formula is C18H20N2O2.